The zero-order valence-corrected chi connectivity index (χ0v) is 17.1. The number of carbonyl (C=O) groups is 1. The molecule has 26 heavy (non-hydrogen) atoms. The van der Waals surface area contributed by atoms with E-state index < -0.39 is 0 Å². The normalized spacial score (nSPS) is 22.2. The van der Waals surface area contributed by atoms with E-state index in [-0.39, 0.29) is 5.91 Å². The number of carbonyl (C=O) groups excluding carboxylic acids is 1. The second-order valence-electron chi connectivity index (χ2n) is 7.28. The smallest absolute Gasteiger partial charge is 0.224 e. The van der Waals surface area contributed by atoms with Crippen molar-refractivity contribution in [2.24, 2.45) is 5.92 Å². The number of benzene rings is 1. The van der Waals surface area contributed by atoms with Crippen LogP contribution in [0, 0.1) is 5.92 Å². The molecule has 1 amide bonds. The minimum absolute atomic E-state index is 0.0387. The van der Waals surface area contributed by atoms with Crippen molar-refractivity contribution in [2.75, 3.05) is 37.0 Å². The highest BCUT2D eigenvalue weighted by atomic mass is 35.5. The second kappa shape index (κ2) is 9.86. The summed E-state index contributed by atoms with van der Waals surface area (Å²) >= 11 is 8.12. The SMILES string of the molecule is COc1ccc(Cl)cc1NC(=O)CCC1CCCN(C2CCSCC2)C1. The van der Waals surface area contributed by atoms with Gasteiger partial charge >= 0.3 is 0 Å². The van der Waals surface area contributed by atoms with Crippen LogP contribution in [-0.2, 0) is 4.79 Å². The summed E-state index contributed by atoms with van der Waals surface area (Å²) in [5.74, 6) is 3.91. The predicted molar refractivity (Wildman–Crippen MR) is 111 cm³/mol. The Labute approximate surface area is 166 Å². The molecule has 0 aromatic heterocycles. The molecule has 0 bridgehead atoms. The van der Waals surface area contributed by atoms with E-state index in [9.17, 15) is 4.79 Å². The summed E-state index contributed by atoms with van der Waals surface area (Å²) in [6.45, 7) is 2.39. The van der Waals surface area contributed by atoms with Gasteiger partial charge in [0.1, 0.15) is 5.75 Å². The Hall–Kier alpha value is -0.910. The molecule has 2 heterocycles. The highest BCUT2D eigenvalue weighted by molar-refractivity contribution is 7.99. The molecule has 6 heteroatoms. The second-order valence-corrected chi connectivity index (χ2v) is 8.94. The van der Waals surface area contributed by atoms with Gasteiger partial charge in [-0.05, 0) is 74.3 Å². The van der Waals surface area contributed by atoms with Crippen molar-refractivity contribution >= 4 is 35.0 Å². The van der Waals surface area contributed by atoms with Gasteiger partial charge in [0, 0.05) is 24.0 Å². The number of hydrogen-bond donors (Lipinski definition) is 1. The van der Waals surface area contributed by atoms with Crippen LogP contribution in [0.1, 0.15) is 38.5 Å². The fourth-order valence-electron chi connectivity index (χ4n) is 4.04. The van der Waals surface area contributed by atoms with Crippen molar-refractivity contribution in [2.45, 2.75) is 44.6 Å². The number of thioether (sulfide) groups is 1. The molecule has 4 nitrogen and oxygen atoms in total. The van der Waals surface area contributed by atoms with Crippen molar-refractivity contribution in [3.63, 3.8) is 0 Å². The Morgan fingerprint density at radius 2 is 2.15 bits per heavy atom. The van der Waals surface area contributed by atoms with Crippen LogP contribution in [0.15, 0.2) is 18.2 Å². The lowest BCUT2D eigenvalue weighted by Crippen LogP contribution is -2.44. The first kappa shape index (κ1) is 19.8. The number of hydrogen-bond acceptors (Lipinski definition) is 4. The highest BCUT2D eigenvalue weighted by Crippen LogP contribution is 2.30. The van der Waals surface area contributed by atoms with Crippen molar-refractivity contribution < 1.29 is 9.53 Å². The van der Waals surface area contributed by atoms with Crippen LogP contribution in [0.25, 0.3) is 0 Å². The minimum Gasteiger partial charge on any atom is -0.495 e. The molecule has 1 atom stereocenters. The fraction of sp³-hybridized carbons (Fsp3) is 0.650. The maximum Gasteiger partial charge on any atom is 0.224 e. The average Bonchev–Trinajstić information content (AvgIpc) is 2.67. The summed E-state index contributed by atoms with van der Waals surface area (Å²) in [5.41, 5.74) is 0.648. The van der Waals surface area contributed by atoms with Gasteiger partial charge in [-0.25, -0.2) is 0 Å². The molecular formula is C20H29ClN2O2S. The van der Waals surface area contributed by atoms with Gasteiger partial charge in [0.25, 0.3) is 0 Å². The van der Waals surface area contributed by atoms with Crippen LogP contribution >= 0.6 is 23.4 Å². The number of piperidine rings is 1. The number of methoxy groups -OCH3 is 1. The van der Waals surface area contributed by atoms with Gasteiger partial charge in [-0.15, -0.1) is 0 Å². The summed E-state index contributed by atoms with van der Waals surface area (Å²) in [6.07, 6.45) is 6.66. The Bertz CT molecular complexity index is 607. The van der Waals surface area contributed by atoms with Gasteiger partial charge < -0.3 is 15.0 Å². The molecule has 2 saturated heterocycles. The molecule has 0 spiro atoms. The topological polar surface area (TPSA) is 41.6 Å². The van der Waals surface area contributed by atoms with Crippen molar-refractivity contribution in [1.29, 1.82) is 0 Å². The van der Waals surface area contributed by atoms with E-state index in [1.165, 1.54) is 43.7 Å². The first-order valence-corrected chi connectivity index (χ1v) is 11.1. The molecule has 2 aliphatic heterocycles. The monoisotopic (exact) mass is 396 g/mol. The predicted octanol–water partition coefficient (Wildman–Crippen LogP) is 4.67. The van der Waals surface area contributed by atoms with Crippen LogP contribution < -0.4 is 10.1 Å². The number of nitrogens with one attached hydrogen (secondary N) is 1. The van der Waals surface area contributed by atoms with Crippen LogP contribution in [0.5, 0.6) is 5.75 Å². The summed E-state index contributed by atoms with van der Waals surface area (Å²) in [6, 6.07) is 6.04. The van der Waals surface area contributed by atoms with Gasteiger partial charge in [-0.3, -0.25) is 4.79 Å². The molecule has 2 aliphatic rings. The third-order valence-corrected chi connectivity index (χ3v) is 6.76. The quantitative estimate of drug-likeness (QED) is 0.758. The Morgan fingerprint density at radius 3 is 2.92 bits per heavy atom. The third-order valence-electron chi connectivity index (χ3n) is 5.47. The van der Waals surface area contributed by atoms with E-state index in [0.717, 1.165) is 19.0 Å². The van der Waals surface area contributed by atoms with Crippen LogP contribution in [0.3, 0.4) is 0 Å². The summed E-state index contributed by atoms with van der Waals surface area (Å²) in [5, 5.41) is 3.54. The number of likely N-dealkylation sites (tertiary alicyclic amines) is 1. The molecule has 1 N–H and O–H groups in total. The van der Waals surface area contributed by atoms with E-state index >= 15 is 0 Å². The Kier molecular flexibility index (Phi) is 7.52. The zero-order valence-electron chi connectivity index (χ0n) is 15.5. The molecule has 0 saturated carbocycles. The molecular weight excluding hydrogens is 368 g/mol. The maximum absolute atomic E-state index is 12.4. The van der Waals surface area contributed by atoms with Crippen molar-refractivity contribution in [3.05, 3.63) is 23.2 Å². The summed E-state index contributed by atoms with van der Waals surface area (Å²) < 4.78 is 5.30. The van der Waals surface area contributed by atoms with Crippen LogP contribution in [0.4, 0.5) is 5.69 Å². The molecule has 0 aliphatic carbocycles. The lowest BCUT2D eigenvalue weighted by molar-refractivity contribution is -0.116. The molecule has 0 radical (unpaired) electrons. The lowest BCUT2D eigenvalue weighted by Gasteiger charge is -2.40. The van der Waals surface area contributed by atoms with Crippen molar-refractivity contribution in [3.8, 4) is 5.75 Å². The molecule has 1 aromatic carbocycles. The van der Waals surface area contributed by atoms with Gasteiger partial charge in [0.2, 0.25) is 5.91 Å². The van der Waals surface area contributed by atoms with E-state index in [1.807, 2.05) is 0 Å². The molecule has 1 unspecified atom stereocenters. The zero-order chi connectivity index (χ0) is 18.4. The third kappa shape index (κ3) is 5.54. The van der Waals surface area contributed by atoms with Crippen LogP contribution in [-0.4, -0.2) is 48.6 Å². The first-order valence-electron chi connectivity index (χ1n) is 9.61. The highest BCUT2D eigenvalue weighted by Gasteiger charge is 2.27. The molecule has 3 rings (SSSR count). The van der Waals surface area contributed by atoms with E-state index in [2.05, 4.69) is 22.0 Å². The number of amides is 1. The number of anilines is 1. The lowest BCUT2D eigenvalue weighted by atomic mass is 9.91. The maximum atomic E-state index is 12.4. The summed E-state index contributed by atoms with van der Waals surface area (Å²) in [4.78, 5) is 15.1. The largest absolute Gasteiger partial charge is 0.495 e. The number of rotatable bonds is 6. The average molecular weight is 397 g/mol. The van der Waals surface area contributed by atoms with E-state index in [0.29, 0.717) is 28.8 Å². The van der Waals surface area contributed by atoms with Gasteiger partial charge in [0.15, 0.2) is 0 Å². The summed E-state index contributed by atoms with van der Waals surface area (Å²) in [7, 11) is 1.60. The number of ether oxygens (including phenoxy) is 1. The molecule has 2 fully saturated rings. The van der Waals surface area contributed by atoms with Gasteiger partial charge in [0.05, 0.1) is 12.8 Å². The fourth-order valence-corrected chi connectivity index (χ4v) is 5.29. The minimum atomic E-state index is 0.0387. The van der Waals surface area contributed by atoms with Crippen LogP contribution in [0.2, 0.25) is 5.02 Å². The van der Waals surface area contributed by atoms with Gasteiger partial charge in [-0.1, -0.05) is 11.6 Å². The standard InChI is InChI=1S/C20H29ClN2O2S/c1-25-19-6-5-16(21)13-18(19)22-20(24)7-4-15-3-2-10-23(14-15)17-8-11-26-12-9-17/h5-6,13,15,17H,2-4,7-12,14H2,1H3,(H,22,24). The van der Waals surface area contributed by atoms with E-state index in [1.54, 1.807) is 25.3 Å². The first-order chi connectivity index (χ1) is 12.7. The molecule has 144 valence electrons. The van der Waals surface area contributed by atoms with Crippen molar-refractivity contribution in [1.82, 2.24) is 4.90 Å². The molecule has 1 aromatic rings. The Morgan fingerprint density at radius 1 is 1.35 bits per heavy atom. The number of nitrogens with zero attached hydrogens (tertiary/aromatic N) is 1. The number of halogens is 1. The Balaban J connectivity index is 1.47. The van der Waals surface area contributed by atoms with Gasteiger partial charge in [-0.2, -0.15) is 11.8 Å². The van der Waals surface area contributed by atoms with E-state index in [4.69, 9.17) is 16.3 Å².